The minimum absolute atomic E-state index is 0.0403. The van der Waals surface area contributed by atoms with E-state index < -0.39 is 17.6 Å². The van der Waals surface area contributed by atoms with Crippen molar-refractivity contribution in [3.8, 4) is 0 Å². The van der Waals surface area contributed by atoms with Crippen LogP contribution in [-0.2, 0) is 9.53 Å². The van der Waals surface area contributed by atoms with E-state index in [1.165, 1.54) is 40.5 Å². The molecule has 0 saturated carbocycles. The van der Waals surface area contributed by atoms with Gasteiger partial charge in [-0.3, -0.25) is 19.3 Å². The Morgan fingerprint density at radius 3 is 2.50 bits per heavy atom. The number of benzene rings is 1. The number of nitrogens with zero attached hydrogens (tertiary/aromatic N) is 2. The van der Waals surface area contributed by atoms with E-state index in [9.17, 15) is 18.8 Å². The molecule has 3 amide bonds. The van der Waals surface area contributed by atoms with Crippen molar-refractivity contribution in [3.63, 3.8) is 0 Å². The topological polar surface area (TPSA) is 79.0 Å². The molecule has 170 valence electrons. The maximum absolute atomic E-state index is 13.5. The zero-order valence-electron chi connectivity index (χ0n) is 17.9. The highest BCUT2D eigenvalue weighted by Gasteiger charge is 2.54. The van der Waals surface area contributed by atoms with Gasteiger partial charge < -0.3 is 15.0 Å². The molecule has 2 aliphatic rings. The summed E-state index contributed by atoms with van der Waals surface area (Å²) in [5, 5.41) is 4.71. The third-order valence-corrected chi connectivity index (χ3v) is 6.84. The Hall–Kier alpha value is -2.78. The van der Waals surface area contributed by atoms with E-state index in [2.05, 4.69) is 5.32 Å². The first-order valence-electron chi connectivity index (χ1n) is 10.8. The minimum atomic E-state index is -0.980. The number of rotatable bonds is 5. The van der Waals surface area contributed by atoms with Crippen molar-refractivity contribution in [1.82, 2.24) is 15.1 Å². The molecule has 1 atom stereocenters. The summed E-state index contributed by atoms with van der Waals surface area (Å²) < 4.78 is 19.5. The number of likely N-dealkylation sites (tertiary alicyclic amines) is 1. The lowest BCUT2D eigenvalue weighted by atomic mass is 9.96. The quantitative estimate of drug-likeness (QED) is 0.746. The van der Waals surface area contributed by atoms with Gasteiger partial charge in [0.25, 0.3) is 11.8 Å². The Morgan fingerprint density at radius 1 is 1.16 bits per heavy atom. The molecule has 2 saturated heterocycles. The van der Waals surface area contributed by atoms with Crippen molar-refractivity contribution in [2.45, 2.75) is 38.0 Å². The van der Waals surface area contributed by atoms with Crippen molar-refractivity contribution >= 4 is 29.1 Å². The number of carbonyl (C=O) groups is 3. The van der Waals surface area contributed by atoms with Gasteiger partial charge in [-0.15, -0.1) is 11.3 Å². The average Bonchev–Trinajstić information content (AvgIpc) is 3.46. The van der Waals surface area contributed by atoms with Crippen molar-refractivity contribution < 1.29 is 23.5 Å². The molecule has 9 heteroatoms. The number of carbonyl (C=O) groups excluding carboxylic acids is 3. The highest BCUT2D eigenvalue weighted by atomic mass is 32.1. The molecule has 1 unspecified atom stereocenters. The number of halogens is 1. The Morgan fingerprint density at radius 2 is 1.88 bits per heavy atom. The summed E-state index contributed by atoms with van der Waals surface area (Å²) >= 11 is 1.39. The summed E-state index contributed by atoms with van der Waals surface area (Å²) in [7, 11) is 0. The summed E-state index contributed by atoms with van der Waals surface area (Å²) in [4.78, 5) is 43.0. The number of piperidine rings is 1. The molecular weight excluding hydrogens is 433 g/mol. The lowest BCUT2D eigenvalue weighted by Crippen LogP contribution is -2.59. The van der Waals surface area contributed by atoms with Crippen molar-refractivity contribution in [2.75, 3.05) is 26.2 Å². The molecule has 32 heavy (non-hydrogen) atoms. The molecule has 1 aromatic heterocycles. The fraction of sp³-hybridized carbons (Fsp3) is 0.435. The van der Waals surface area contributed by atoms with Crippen molar-refractivity contribution in [2.24, 2.45) is 0 Å². The fourth-order valence-corrected chi connectivity index (χ4v) is 4.97. The monoisotopic (exact) mass is 459 g/mol. The predicted octanol–water partition coefficient (Wildman–Crippen LogP) is 2.89. The van der Waals surface area contributed by atoms with Crippen LogP contribution >= 0.6 is 11.3 Å². The second kappa shape index (κ2) is 9.38. The Labute approximate surface area is 190 Å². The van der Waals surface area contributed by atoms with Crippen LogP contribution in [0.3, 0.4) is 0 Å². The molecule has 0 radical (unpaired) electrons. The number of hydrogen-bond donors (Lipinski definition) is 1. The molecule has 4 rings (SSSR count). The van der Waals surface area contributed by atoms with E-state index in [4.69, 9.17) is 4.74 Å². The summed E-state index contributed by atoms with van der Waals surface area (Å²) in [5.74, 6) is -1.12. The second-order valence-corrected chi connectivity index (χ2v) is 8.96. The Balaban J connectivity index is 1.57. The normalized spacial score (nSPS) is 19.9. The van der Waals surface area contributed by atoms with Gasteiger partial charge in [-0.1, -0.05) is 13.0 Å². The Kier molecular flexibility index (Phi) is 6.57. The van der Waals surface area contributed by atoms with Crippen LogP contribution in [0.1, 0.15) is 46.2 Å². The van der Waals surface area contributed by atoms with Crippen LogP contribution in [0.2, 0.25) is 0 Å². The first-order chi connectivity index (χ1) is 15.4. The van der Waals surface area contributed by atoms with Crippen molar-refractivity contribution in [1.29, 1.82) is 0 Å². The van der Waals surface area contributed by atoms with E-state index >= 15 is 0 Å². The van der Waals surface area contributed by atoms with Gasteiger partial charge in [0.05, 0.1) is 11.5 Å². The number of hydrogen-bond acceptors (Lipinski definition) is 5. The van der Waals surface area contributed by atoms with Crippen LogP contribution in [0.15, 0.2) is 41.8 Å². The molecule has 3 heterocycles. The molecule has 7 nitrogen and oxygen atoms in total. The number of nitrogens with one attached hydrogen (secondary N) is 1. The third kappa shape index (κ3) is 4.27. The van der Waals surface area contributed by atoms with Gasteiger partial charge in [-0.25, -0.2) is 4.39 Å². The summed E-state index contributed by atoms with van der Waals surface area (Å²) in [6, 6.07) is 8.14. The van der Waals surface area contributed by atoms with Crippen LogP contribution < -0.4 is 5.32 Å². The fourth-order valence-electron chi connectivity index (χ4n) is 4.28. The summed E-state index contributed by atoms with van der Waals surface area (Å²) in [6.07, 6.45) is 1.57. The first-order valence-corrected chi connectivity index (χ1v) is 11.7. The van der Waals surface area contributed by atoms with Gasteiger partial charge in [0.2, 0.25) is 5.91 Å². The van der Waals surface area contributed by atoms with Gasteiger partial charge >= 0.3 is 0 Å². The van der Waals surface area contributed by atoms with Gasteiger partial charge in [0.15, 0.2) is 0 Å². The number of thiophene rings is 1. The van der Waals surface area contributed by atoms with E-state index in [0.29, 0.717) is 42.9 Å². The van der Waals surface area contributed by atoms with Crippen LogP contribution in [-0.4, -0.2) is 65.5 Å². The number of amides is 3. The summed E-state index contributed by atoms with van der Waals surface area (Å²) in [5.41, 5.74) is -0.687. The van der Waals surface area contributed by atoms with Crippen LogP contribution in [0.25, 0.3) is 0 Å². The van der Waals surface area contributed by atoms with Crippen LogP contribution in [0, 0.1) is 5.82 Å². The Bertz CT molecular complexity index is 972. The molecule has 1 N–H and O–H groups in total. The van der Waals surface area contributed by atoms with E-state index in [-0.39, 0.29) is 24.3 Å². The first kappa shape index (κ1) is 22.4. The lowest BCUT2D eigenvalue weighted by Gasteiger charge is -2.44. The zero-order valence-corrected chi connectivity index (χ0v) is 18.7. The number of ether oxygens (including phenoxy) is 1. The maximum Gasteiger partial charge on any atom is 0.263 e. The van der Waals surface area contributed by atoms with Crippen LogP contribution in [0.5, 0.6) is 0 Å². The standard InChI is InChI=1S/C23H26FN3O4S/c1-2-11-25-20(28)18-15-31-23(27(18)21(29)16-5-7-17(24)8-6-16)9-12-26(13-10-23)22(30)19-4-3-14-32-19/h3-8,14,18H,2,9-13,15H2,1H3,(H,25,28). The van der Waals surface area contributed by atoms with E-state index in [0.717, 1.165) is 6.42 Å². The molecule has 2 aromatic rings. The molecule has 1 aromatic carbocycles. The molecule has 1 spiro atoms. The van der Waals surface area contributed by atoms with Gasteiger partial charge in [-0.05, 0) is 42.1 Å². The minimum Gasteiger partial charge on any atom is -0.354 e. The molecule has 2 aliphatic heterocycles. The SMILES string of the molecule is CCCNC(=O)C1COC2(CCN(C(=O)c3cccs3)CC2)N1C(=O)c1ccc(F)cc1. The maximum atomic E-state index is 13.5. The summed E-state index contributed by atoms with van der Waals surface area (Å²) in [6.45, 7) is 3.36. The van der Waals surface area contributed by atoms with Crippen LogP contribution in [0.4, 0.5) is 4.39 Å². The largest absolute Gasteiger partial charge is 0.354 e. The second-order valence-electron chi connectivity index (χ2n) is 8.02. The smallest absolute Gasteiger partial charge is 0.263 e. The van der Waals surface area contributed by atoms with Crippen molar-refractivity contribution in [3.05, 3.63) is 58.0 Å². The predicted molar refractivity (Wildman–Crippen MR) is 118 cm³/mol. The molecular formula is C23H26FN3O4S. The van der Waals surface area contributed by atoms with Gasteiger partial charge in [-0.2, -0.15) is 0 Å². The van der Waals surface area contributed by atoms with Gasteiger partial charge in [0, 0.05) is 38.0 Å². The average molecular weight is 460 g/mol. The molecule has 2 fully saturated rings. The van der Waals surface area contributed by atoms with E-state index in [1.807, 2.05) is 18.4 Å². The lowest BCUT2D eigenvalue weighted by molar-refractivity contribution is -0.128. The van der Waals surface area contributed by atoms with E-state index in [1.54, 1.807) is 11.0 Å². The van der Waals surface area contributed by atoms with Gasteiger partial charge in [0.1, 0.15) is 17.6 Å². The molecule has 0 aliphatic carbocycles. The highest BCUT2D eigenvalue weighted by Crippen LogP contribution is 2.39. The third-order valence-electron chi connectivity index (χ3n) is 5.99. The molecule has 0 bridgehead atoms. The highest BCUT2D eigenvalue weighted by molar-refractivity contribution is 7.12. The zero-order chi connectivity index (χ0) is 22.7.